The Hall–Kier alpha value is -4.06. The van der Waals surface area contributed by atoms with Gasteiger partial charge in [0.25, 0.3) is 11.1 Å². The van der Waals surface area contributed by atoms with Crippen molar-refractivity contribution in [1.82, 2.24) is 4.40 Å². The molecule has 0 spiro atoms. The largest absolute Gasteiger partial charge is 0.268 e. The van der Waals surface area contributed by atoms with E-state index in [9.17, 15) is 9.59 Å². The Morgan fingerprint density at radius 3 is 1.54 bits per heavy atom. The second-order valence-electron chi connectivity index (χ2n) is 8.84. The summed E-state index contributed by atoms with van der Waals surface area (Å²) >= 11 is 3.26. The van der Waals surface area contributed by atoms with Gasteiger partial charge in [-0.1, -0.05) is 66.7 Å². The number of aromatic nitrogens is 1. The lowest BCUT2D eigenvalue weighted by Gasteiger charge is -2.12. The SMILES string of the molecule is O=c1c2c3ccccc3sc2c2cc(-c3ccccc3)cc3c4sc5ccccc5c4c(=O)n1c23. The van der Waals surface area contributed by atoms with Crippen LogP contribution in [0.15, 0.2) is 101 Å². The number of rotatable bonds is 1. The van der Waals surface area contributed by atoms with Gasteiger partial charge in [0.15, 0.2) is 0 Å². The molecule has 0 aliphatic carbocycles. The first-order chi connectivity index (χ1) is 17.2. The van der Waals surface area contributed by atoms with Crippen molar-refractivity contribution in [3.63, 3.8) is 0 Å². The predicted octanol–water partition coefficient (Wildman–Crippen LogP) is 7.65. The molecule has 5 heteroatoms. The van der Waals surface area contributed by atoms with Crippen LogP contribution in [0.2, 0.25) is 0 Å². The Morgan fingerprint density at radius 1 is 0.514 bits per heavy atom. The Bertz CT molecular complexity index is 2120. The normalized spacial score (nSPS) is 12.2. The van der Waals surface area contributed by atoms with Crippen LogP contribution in [0.5, 0.6) is 0 Å². The summed E-state index contributed by atoms with van der Waals surface area (Å²) in [7, 11) is 0. The quantitative estimate of drug-likeness (QED) is 0.239. The molecule has 8 rings (SSSR count). The lowest BCUT2D eigenvalue weighted by atomic mass is 9.98. The van der Waals surface area contributed by atoms with Crippen LogP contribution in [0, 0.1) is 0 Å². The molecule has 0 radical (unpaired) electrons. The molecule has 164 valence electrons. The summed E-state index contributed by atoms with van der Waals surface area (Å²) in [5.41, 5.74) is 2.44. The molecule has 4 aromatic heterocycles. The van der Waals surface area contributed by atoms with E-state index in [1.165, 1.54) is 4.40 Å². The number of hydrogen-bond donors (Lipinski definition) is 0. The van der Waals surface area contributed by atoms with Crippen LogP contribution in [0.1, 0.15) is 0 Å². The minimum atomic E-state index is -0.232. The van der Waals surface area contributed by atoms with Gasteiger partial charge in [0, 0.05) is 30.9 Å². The zero-order valence-corrected chi connectivity index (χ0v) is 19.9. The van der Waals surface area contributed by atoms with Gasteiger partial charge in [-0.15, -0.1) is 22.7 Å². The summed E-state index contributed by atoms with van der Waals surface area (Å²) < 4.78 is 5.43. The number of fused-ring (bicyclic) bond motifs is 8. The van der Waals surface area contributed by atoms with Crippen molar-refractivity contribution in [3.05, 3.63) is 112 Å². The predicted molar refractivity (Wildman–Crippen MR) is 150 cm³/mol. The summed E-state index contributed by atoms with van der Waals surface area (Å²) in [5, 5.41) is 4.98. The van der Waals surface area contributed by atoms with Gasteiger partial charge in [-0.05, 0) is 35.4 Å². The minimum Gasteiger partial charge on any atom is -0.268 e. The topological polar surface area (TPSA) is 38.5 Å². The number of hydrogen-bond acceptors (Lipinski definition) is 4. The van der Waals surface area contributed by atoms with E-state index in [1.54, 1.807) is 22.7 Å². The molecule has 0 atom stereocenters. The van der Waals surface area contributed by atoms with Crippen molar-refractivity contribution in [3.8, 4) is 11.1 Å². The highest BCUT2D eigenvalue weighted by Gasteiger charge is 2.23. The third kappa shape index (κ3) is 2.44. The fourth-order valence-electron chi connectivity index (χ4n) is 5.43. The first kappa shape index (κ1) is 19.3. The first-order valence-electron chi connectivity index (χ1n) is 11.4. The number of nitrogens with zero attached hydrogens (tertiary/aromatic N) is 1. The number of benzene rings is 4. The van der Waals surface area contributed by atoms with Crippen LogP contribution in [0.4, 0.5) is 0 Å². The van der Waals surface area contributed by atoms with Gasteiger partial charge in [-0.2, -0.15) is 0 Å². The zero-order chi connectivity index (χ0) is 23.3. The third-order valence-electron chi connectivity index (χ3n) is 6.95. The summed E-state index contributed by atoms with van der Waals surface area (Å²) in [4.78, 5) is 28.0. The average Bonchev–Trinajstić information content (AvgIpc) is 3.48. The summed E-state index contributed by atoms with van der Waals surface area (Å²) in [6, 6.07) is 30.5. The van der Waals surface area contributed by atoms with Crippen LogP contribution in [0.25, 0.3) is 67.8 Å². The average molecular weight is 486 g/mol. The molecule has 0 amide bonds. The fraction of sp³-hybridized carbons (Fsp3) is 0. The van der Waals surface area contributed by atoms with Crippen LogP contribution in [-0.2, 0) is 0 Å². The van der Waals surface area contributed by atoms with Crippen molar-refractivity contribution in [2.75, 3.05) is 0 Å². The Balaban J connectivity index is 1.75. The Kier molecular flexibility index (Phi) is 3.72. The Labute approximate surface area is 206 Å². The molecular formula is C30H15NO2S2. The van der Waals surface area contributed by atoms with E-state index in [2.05, 4.69) is 24.3 Å². The van der Waals surface area contributed by atoms with E-state index in [1.807, 2.05) is 66.7 Å². The van der Waals surface area contributed by atoms with E-state index in [0.29, 0.717) is 10.8 Å². The molecule has 8 aromatic rings. The molecule has 4 heterocycles. The van der Waals surface area contributed by atoms with Gasteiger partial charge in [-0.3, -0.25) is 9.59 Å². The van der Waals surface area contributed by atoms with Crippen molar-refractivity contribution >= 4 is 79.3 Å². The van der Waals surface area contributed by atoms with Crippen molar-refractivity contribution in [2.24, 2.45) is 0 Å². The van der Waals surface area contributed by atoms with Crippen molar-refractivity contribution in [1.29, 1.82) is 0 Å². The fourth-order valence-corrected chi connectivity index (χ4v) is 7.86. The smallest absolute Gasteiger partial charge is 0.267 e. The second kappa shape index (κ2) is 6.75. The maximum absolute atomic E-state index is 14.0. The summed E-state index contributed by atoms with van der Waals surface area (Å²) in [6.45, 7) is 0. The van der Waals surface area contributed by atoms with Gasteiger partial charge in [0.05, 0.1) is 25.7 Å². The molecule has 3 nitrogen and oxygen atoms in total. The van der Waals surface area contributed by atoms with Gasteiger partial charge >= 0.3 is 0 Å². The molecule has 35 heavy (non-hydrogen) atoms. The van der Waals surface area contributed by atoms with Gasteiger partial charge in [0.2, 0.25) is 0 Å². The monoisotopic (exact) mass is 485 g/mol. The zero-order valence-electron chi connectivity index (χ0n) is 18.2. The van der Waals surface area contributed by atoms with Gasteiger partial charge in [0.1, 0.15) is 0 Å². The molecular weight excluding hydrogens is 470 g/mol. The van der Waals surface area contributed by atoms with Gasteiger partial charge < -0.3 is 0 Å². The lowest BCUT2D eigenvalue weighted by molar-refractivity contribution is 1.09. The van der Waals surface area contributed by atoms with E-state index >= 15 is 0 Å². The second-order valence-corrected chi connectivity index (χ2v) is 10.9. The van der Waals surface area contributed by atoms with Crippen LogP contribution < -0.4 is 11.1 Å². The molecule has 0 aliphatic rings. The van der Waals surface area contributed by atoms with E-state index in [0.717, 1.165) is 57.0 Å². The third-order valence-corrected chi connectivity index (χ3v) is 9.36. The van der Waals surface area contributed by atoms with Crippen LogP contribution in [0.3, 0.4) is 0 Å². The molecule has 0 fully saturated rings. The molecule has 0 N–H and O–H groups in total. The highest BCUT2D eigenvalue weighted by atomic mass is 32.1. The summed E-state index contributed by atoms with van der Waals surface area (Å²) in [6.07, 6.45) is 0. The highest BCUT2D eigenvalue weighted by molar-refractivity contribution is 7.27. The molecule has 0 bridgehead atoms. The minimum absolute atomic E-state index is 0.232. The standard InChI is InChI=1S/C30H15NO2S2/c32-29-24-18-10-4-6-12-22(18)34-27(24)20-14-17(16-8-2-1-3-9-16)15-21-26(20)31(29)30(33)25-19-11-5-7-13-23(19)35-28(21)25/h1-15H. The van der Waals surface area contributed by atoms with Gasteiger partial charge in [-0.25, -0.2) is 4.40 Å². The maximum Gasteiger partial charge on any atom is 0.267 e. The Morgan fingerprint density at radius 2 is 1.00 bits per heavy atom. The molecule has 0 unspecified atom stereocenters. The number of pyridine rings is 2. The molecule has 4 aromatic carbocycles. The molecule has 0 aliphatic heterocycles. The van der Waals surface area contributed by atoms with Crippen molar-refractivity contribution < 1.29 is 0 Å². The van der Waals surface area contributed by atoms with E-state index < -0.39 is 0 Å². The molecule has 0 saturated heterocycles. The summed E-state index contributed by atoms with van der Waals surface area (Å²) in [5.74, 6) is 0. The van der Waals surface area contributed by atoms with Crippen LogP contribution in [-0.4, -0.2) is 4.40 Å². The first-order valence-corrected chi connectivity index (χ1v) is 13.0. The number of thiophene rings is 2. The van der Waals surface area contributed by atoms with Crippen molar-refractivity contribution in [2.45, 2.75) is 0 Å². The highest BCUT2D eigenvalue weighted by Crippen LogP contribution is 2.43. The van der Waals surface area contributed by atoms with Crippen LogP contribution >= 0.6 is 22.7 Å². The lowest BCUT2D eigenvalue weighted by Crippen LogP contribution is -2.26. The van der Waals surface area contributed by atoms with E-state index in [4.69, 9.17) is 0 Å². The molecule has 0 saturated carbocycles. The maximum atomic E-state index is 14.0. The van der Waals surface area contributed by atoms with E-state index in [-0.39, 0.29) is 11.1 Å².